The lowest BCUT2D eigenvalue weighted by Crippen LogP contribution is -2.18. The Morgan fingerprint density at radius 1 is 1.32 bits per heavy atom. The molecule has 0 bridgehead atoms. The monoisotopic (exact) mass is 330 g/mol. The number of halogens is 4. The number of imidazole rings is 1. The average Bonchev–Trinajstić information content (AvgIpc) is 3.05. The van der Waals surface area contributed by atoms with Crippen LogP contribution in [0.25, 0.3) is 11.5 Å². The number of aromatic nitrogens is 4. The molecular formula is C12H6ClF3N4O2. The van der Waals surface area contributed by atoms with Crippen LogP contribution in [-0.4, -0.2) is 30.2 Å². The fourth-order valence-corrected chi connectivity index (χ4v) is 2.29. The molecule has 0 atom stereocenters. The van der Waals surface area contributed by atoms with Gasteiger partial charge in [-0.2, -0.15) is 18.3 Å². The number of carboxylic acids is 1. The minimum absolute atomic E-state index is 0.0308. The molecule has 3 heterocycles. The van der Waals surface area contributed by atoms with Gasteiger partial charge in [0.05, 0.1) is 11.2 Å². The summed E-state index contributed by atoms with van der Waals surface area (Å²) in [7, 11) is 0. The van der Waals surface area contributed by atoms with Crippen LogP contribution in [0.15, 0.2) is 30.7 Å². The first kappa shape index (κ1) is 14.4. The first-order valence-electron chi connectivity index (χ1n) is 5.81. The minimum Gasteiger partial charge on any atom is -0.478 e. The Kier molecular flexibility index (Phi) is 3.10. The summed E-state index contributed by atoms with van der Waals surface area (Å²) in [6.45, 7) is 0. The van der Waals surface area contributed by atoms with Crippen molar-refractivity contribution < 1.29 is 23.1 Å². The minimum atomic E-state index is -4.89. The van der Waals surface area contributed by atoms with Crippen LogP contribution >= 0.6 is 11.6 Å². The van der Waals surface area contributed by atoms with Gasteiger partial charge in [0.25, 0.3) is 0 Å². The Balaban J connectivity index is 2.35. The Bertz CT molecular complexity index is 884. The fourth-order valence-electron chi connectivity index (χ4n) is 2.09. The van der Waals surface area contributed by atoms with Crippen molar-refractivity contribution in [2.75, 3.05) is 0 Å². The molecule has 0 aliphatic heterocycles. The normalized spacial score (nSPS) is 12.0. The standard InChI is InChI=1S/C12H6ClF3N4O2/c13-7-1-2-8(19-4-3-17-10(7)19)20-9(12(14,15)16)6(5-18-20)11(21)22/h1-5H,(H,21,22). The first-order chi connectivity index (χ1) is 10.3. The Morgan fingerprint density at radius 2 is 2.05 bits per heavy atom. The summed E-state index contributed by atoms with van der Waals surface area (Å²) in [5.74, 6) is -1.74. The van der Waals surface area contributed by atoms with Gasteiger partial charge >= 0.3 is 12.1 Å². The molecule has 6 nitrogen and oxygen atoms in total. The number of alkyl halides is 3. The van der Waals surface area contributed by atoms with Gasteiger partial charge < -0.3 is 5.11 Å². The summed E-state index contributed by atoms with van der Waals surface area (Å²) < 4.78 is 41.5. The number of rotatable bonds is 2. The maximum Gasteiger partial charge on any atom is 0.434 e. The third kappa shape index (κ3) is 2.10. The third-order valence-corrected chi connectivity index (χ3v) is 3.26. The second-order valence-corrected chi connectivity index (χ2v) is 4.69. The molecule has 0 unspecified atom stereocenters. The lowest BCUT2D eigenvalue weighted by Gasteiger charge is -2.13. The van der Waals surface area contributed by atoms with Gasteiger partial charge in [-0.3, -0.25) is 4.40 Å². The van der Waals surface area contributed by atoms with Crippen LogP contribution in [0.4, 0.5) is 13.2 Å². The molecular weight excluding hydrogens is 325 g/mol. The lowest BCUT2D eigenvalue weighted by molar-refractivity contribution is -0.143. The van der Waals surface area contributed by atoms with E-state index in [1.807, 2.05) is 0 Å². The second kappa shape index (κ2) is 4.73. The second-order valence-electron chi connectivity index (χ2n) is 4.28. The summed E-state index contributed by atoms with van der Waals surface area (Å²) in [5.41, 5.74) is -2.08. The fraction of sp³-hybridized carbons (Fsp3) is 0.0833. The van der Waals surface area contributed by atoms with Crippen LogP contribution in [0.1, 0.15) is 16.1 Å². The van der Waals surface area contributed by atoms with Crippen LogP contribution in [-0.2, 0) is 6.18 Å². The van der Waals surface area contributed by atoms with E-state index in [-0.39, 0.29) is 16.5 Å². The van der Waals surface area contributed by atoms with Crippen LogP contribution in [0.5, 0.6) is 0 Å². The SMILES string of the molecule is O=C(O)c1cnn(-c2ccc(Cl)c3nccn23)c1C(F)(F)F. The lowest BCUT2D eigenvalue weighted by atomic mass is 10.2. The van der Waals surface area contributed by atoms with Crippen molar-refractivity contribution in [3.05, 3.63) is 47.0 Å². The zero-order chi connectivity index (χ0) is 16.1. The highest BCUT2D eigenvalue weighted by atomic mass is 35.5. The average molecular weight is 331 g/mol. The van der Waals surface area contributed by atoms with Gasteiger partial charge in [0, 0.05) is 12.4 Å². The predicted molar refractivity (Wildman–Crippen MR) is 69.3 cm³/mol. The van der Waals surface area contributed by atoms with Gasteiger partial charge in [0.1, 0.15) is 11.4 Å². The summed E-state index contributed by atoms with van der Waals surface area (Å²) in [6.07, 6.45) is -1.47. The van der Waals surface area contributed by atoms with Crippen LogP contribution < -0.4 is 0 Å². The van der Waals surface area contributed by atoms with Gasteiger partial charge in [-0.25, -0.2) is 14.5 Å². The van der Waals surface area contributed by atoms with E-state index in [0.29, 0.717) is 10.9 Å². The molecule has 0 fully saturated rings. The van der Waals surface area contributed by atoms with Crippen molar-refractivity contribution in [1.29, 1.82) is 0 Å². The van der Waals surface area contributed by atoms with Gasteiger partial charge in [0.15, 0.2) is 11.3 Å². The van der Waals surface area contributed by atoms with Crippen molar-refractivity contribution in [3.63, 3.8) is 0 Å². The third-order valence-electron chi connectivity index (χ3n) is 2.97. The number of hydrogen-bond donors (Lipinski definition) is 1. The van der Waals surface area contributed by atoms with E-state index in [2.05, 4.69) is 10.1 Å². The molecule has 3 aromatic heterocycles. The molecule has 0 radical (unpaired) electrons. The highest BCUT2D eigenvalue weighted by Gasteiger charge is 2.41. The van der Waals surface area contributed by atoms with E-state index in [0.717, 1.165) is 0 Å². The molecule has 22 heavy (non-hydrogen) atoms. The van der Waals surface area contributed by atoms with Gasteiger partial charge in [-0.1, -0.05) is 11.6 Å². The Morgan fingerprint density at radius 3 is 2.68 bits per heavy atom. The van der Waals surface area contributed by atoms with Crippen molar-refractivity contribution in [2.24, 2.45) is 0 Å². The number of aromatic carboxylic acids is 1. The zero-order valence-corrected chi connectivity index (χ0v) is 11.3. The van der Waals surface area contributed by atoms with E-state index < -0.39 is 23.4 Å². The van der Waals surface area contributed by atoms with E-state index >= 15 is 0 Å². The van der Waals surface area contributed by atoms with Crippen LogP contribution in [0.2, 0.25) is 5.02 Å². The number of pyridine rings is 1. The van der Waals surface area contributed by atoms with Crippen molar-refractivity contribution in [2.45, 2.75) is 6.18 Å². The predicted octanol–water partition coefficient (Wildman–Crippen LogP) is 2.89. The summed E-state index contributed by atoms with van der Waals surface area (Å²) >= 11 is 5.91. The molecule has 10 heteroatoms. The van der Waals surface area contributed by atoms with Gasteiger partial charge in [-0.15, -0.1) is 0 Å². The van der Waals surface area contributed by atoms with E-state index in [4.69, 9.17) is 16.7 Å². The zero-order valence-electron chi connectivity index (χ0n) is 10.5. The maximum atomic E-state index is 13.2. The van der Waals surface area contributed by atoms with E-state index in [1.165, 1.54) is 28.9 Å². The molecule has 0 saturated heterocycles. The molecule has 3 rings (SSSR count). The van der Waals surface area contributed by atoms with Crippen molar-refractivity contribution in [1.82, 2.24) is 19.2 Å². The molecule has 1 N–H and O–H groups in total. The van der Waals surface area contributed by atoms with E-state index in [9.17, 15) is 18.0 Å². The highest BCUT2D eigenvalue weighted by Crippen LogP contribution is 2.34. The molecule has 0 spiro atoms. The number of nitrogens with zero attached hydrogens (tertiary/aromatic N) is 4. The molecule has 0 saturated carbocycles. The Hall–Kier alpha value is -2.55. The van der Waals surface area contributed by atoms with Crippen LogP contribution in [0, 0.1) is 0 Å². The topological polar surface area (TPSA) is 72.4 Å². The molecule has 3 aromatic rings. The summed E-state index contributed by atoms with van der Waals surface area (Å²) in [4.78, 5) is 14.9. The molecule has 0 amide bonds. The molecule has 0 aliphatic carbocycles. The number of fused-ring (bicyclic) bond motifs is 1. The highest BCUT2D eigenvalue weighted by molar-refractivity contribution is 6.33. The van der Waals surface area contributed by atoms with Gasteiger partial charge in [0.2, 0.25) is 0 Å². The van der Waals surface area contributed by atoms with Gasteiger partial charge in [-0.05, 0) is 12.1 Å². The Labute approximate surface area is 125 Å². The van der Waals surface area contributed by atoms with Crippen LogP contribution in [0.3, 0.4) is 0 Å². The largest absolute Gasteiger partial charge is 0.478 e. The number of hydrogen-bond acceptors (Lipinski definition) is 3. The van der Waals surface area contributed by atoms with Crippen molar-refractivity contribution >= 4 is 23.2 Å². The first-order valence-corrected chi connectivity index (χ1v) is 6.19. The number of carbonyl (C=O) groups is 1. The molecule has 0 aliphatic rings. The number of carboxylic acid groups (broad SMARTS) is 1. The molecule has 0 aromatic carbocycles. The van der Waals surface area contributed by atoms with E-state index in [1.54, 1.807) is 0 Å². The quantitative estimate of drug-likeness (QED) is 0.784. The maximum absolute atomic E-state index is 13.2. The molecule has 114 valence electrons. The van der Waals surface area contributed by atoms with Crippen molar-refractivity contribution in [3.8, 4) is 5.82 Å². The smallest absolute Gasteiger partial charge is 0.434 e. The summed E-state index contributed by atoms with van der Waals surface area (Å²) in [6, 6.07) is 2.66. The summed E-state index contributed by atoms with van der Waals surface area (Å²) in [5, 5.41) is 12.7.